The third-order valence-electron chi connectivity index (χ3n) is 4.77. The number of nitrogens with zero attached hydrogens (tertiary/aromatic N) is 1. The predicted octanol–water partition coefficient (Wildman–Crippen LogP) is 3.88. The zero-order chi connectivity index (χ0) is 20.5. The number of carbonyl (C=O) groups excluding carboxylic acids is 1. The second kappa shape index (κ2) is 7.97. The molecule has 150 valence electrons. The van der Waals surface area contributed by atoms with Gasteiger partial charge in [0.2, 0.25) is 10.0 Å². The average Bonchev–Trinajstić information content (AvgIpc) is 2.64. The summed E-state index contributed by atoms with van der Waals surface area (Å²) in [5, 5.41) is 2.45. The first-order valence-electron chi connectivity index (χ1n) is 9.03. The molecule has 1 amide bonds. The lowest BCUT2D eigenvalue weighted by molar-refractivity contribution is 0.102. The number of halogens is 2. The second-order valence-electron chi connectivity index (χ2n) is 7.38. The van der Waals surface area contributed by atoms with Crippen molar-refractivity contribution in [1.82, 2.24) is 4.31 Å². The van der Waals surface area contributed by atoms with Crippen LogP contribution in [0.3, 0.4) is 0 Å². The van der Waals surface area contributed by atoms with Crippen molar-refractivity contribution in [2.75, 3.05) is 18.4 Å². The molecule has 8 heteroatoms. The van der Waals surface area contributed by atoms with E-state index in [4.69, 9.17) is 0 Å². The van der Waals surface area contributed by atoms with E-state index < -0.39 is 27.6 Å². The molecular weight excluding hydrogens is 386 g/mol. The Morgan fingerprint density at radius 2 is 1.61 bits per heavy atom. The maximum atomic E-state index is 13.3. The molecule has 2 unspecified atom stereocenters. The maximum absolute atomic E-state index is 13.3. The molecular formula is C20H22F2N2O3S. The minimum Gasteiger partial charge on any atom is -0.322 e. The van der Waals surface area contributed by atoms with Gasteiger partial charge in [0, 0.05) is 30.4 Å². The fraction of sp³-hybridized carbons (Fsp3) is 0.350. The Morgan fingerprint density at radius 3 is 2.18 bits per heavy atom. The van der Waals surface area contributed by atoms with E-state index in [1.54, 1.807) is 0 Å². The molecule has 1 N–H and O–H groups in total. The molecule has 2 aromatic rings. The van der Waals surface area contributed by atoms with Gasteiger partial charge in [-0.05, 0) is 54.7 Å². The van der Waals surface area contributed by atoms with Crippen LogP contribution >= 0.6 is 0 Å². The smallest absolute Gasteiger partial charge is 0.255 e. The Kier molecular flexibility index (Phi) is 5.81. The summed E-state index contributed by atoms with van der Waals surface area (Å²) < 4.78 is 53.4. The summed E-state index contributed by atoms with van der Waals surface area (Å²) in [5.41, 5.74) is 0.320. The summed E-state index contributed by atoms with van der Waals surface area (Å²) >= 11 is 0. The number of hydrogen-bond acceptors (Lipinski definition) is 3. The minimum absolute atomic E-state index is 0.108. The normalized spacial score (nSPS) is 20.7. The SMILES string of the molecule is CC1CC(C)CN(S(=O)(=O)c2ccc(C(=O)Nc3ccc(F)c(F)c3)cc2)C1. The maximum Gasteiger partial charge on any atom is 0.255 e. The van der Waals surface area contributed by atoms with E-state index in [1.165, 1.54) is 34.6 Å². The van der Waals surface area contributed by atoms with Gasteiger partial charge in [-0.1, -0.05) is 13.8 Å². The highest BCUT2D eigenvalue weighted by Crippen LogP contribution is 2.27. The minimum atomic E-state index is -3.63. The largest absolute Gasteiger partial charge is 0.322 e. The Balaban J connectivity index is 1.75. The van der Waals surface area contributed by atoms with E-state index in [2.05, 4.69) is 5.32 Å². The molecule has 0 aromatic heterocycles. The molecule has 1 heterocycles. The molecule has 1 saturated heterocycles. The van der Waals surface area contributed by atoms with Crippen LogP contribution in [0.2, 0.25) is 0 Å². The number of hydrogen-bond donors (Lipinski definition) is 1. The van der Waals surface area contributed by atoms with Gasteiger partial charge in [-0.2, -0.15) is 4.31 Å². The molecule has 0 spiro atoms. The summed E-state index contributed by atoms with van der Waals surface area (Å²) in [6.45, 7) is 5.02. The van der Waals surface area contributed by atoms with Crippen molar-refractivity contribution in [2.24, 2.45) is 11.8 Å². The van der Waals surface area contributed by atoms with Crippen molar-refractivity contribution in [3.05, 3.63) is 59.7 Å². The van der Waals surface area contributed by atoms with Crippen LogP contribution in [0.4, 0.5) is 14.5 Å². The van der Waals surface area contributed by atoms with Crippen LogP contribution in [0.25, 0.3) is 0 Å². The first kappa shape index (κ1) is 20.4. The van der Waals surface area contributed by atoms with Crippen molar-refractivity contribution in [2.45, 2.75) is 25.2 Å². The molecule has 1 aliphatic heterocycles. The summed E-state index contributed by atoms with van der Waals surface area (Å²) in [4.78, 5) is 12.4. The number of carbonyl (C=O) groups is 1. The van der Waals surface area contributed by atoms with Crippen LogP contribution < -0.4 is 5.32 Å². The van der Waals surface area contributed by atoms with Gasteiger partial charge in [-0.25, -0.2) is 17.2 Å². The topological polar surface area (TPSA) is 66.5 Å². The van der Waals surface area contributed by atoms with Crippen molar-refractivity contribution < 1.29 is 22.0 Å². The number of amides is 1. The van der Waals surface area contributed by atoms with Crippen LogP contribution in [0.15, 0.2) is 47.4 Å². The standard InChI is InChI=1S/C20H22F2N2O3S/c1-13-9-14(2)12-24(11-13)28(26,27)17-6-3-15(4-7-17)20(25)23-16-5-8-18(21)19(22)10-16/h3-8,10,13-14H,9,11-12H2,1-2H3,(H,23,25). The van der Waals surface area contributed by atoms with Gasteiger partial charge in [0.1, 0.15) is 0 Å². The third-order valence-corrected chi connectivity index (χ3v) is 6.61. The van der Waals surface area contributed by atoms with Crippen molar-refractivity contribution in [3.63, 3.8) is 0 Å². The number of sulfonamides is 1. The fourth-order valence-electron chi connectivity index (χ4n) is 3.51. The molecule has 28 heavy (non-hydrogen) atoms. The van der Waals surface area contributed by atoms with E-state index in [9.17, 15) is 22.0 Å². The third kappa shape index (κ3) is 4.39. The summed E-state index contributed by atoms with van der Waals surface area (Å²) in [6, 6.07) is 8.62. The van der Waals surface area contributed by atoms with Crippen LogP contribution in [0, 0.1) is 23.5 Å². The van der Waals surface area contributed by atoms with E-state index >= 15 is 0 Å². The number of rotatable bonds is 4. The summed E-state index contributed by atoms with van der Waals surface area (Å²) in [5.74, 6) is -2.03. The van der Waals surface area contributed by atoms with Gasteiger partial charge in [0.15, 0.2) is 11.6 Å². The first-order valence-corrected chi connectivity index (χ1v) is 10.5. The lowest BCUT2D eigenvalue weighted by Gasteiger charge is -2.34. The van der Waals surface area contributed by atoms with Gasteiger partial charge in [-0.15, -0.1) is 0 Å². The van der Waals surface area contributed by atoms with Gasteiger partial charge < -0.3 is 5.32 Å². The lowest BCUT2D eigenvalue weighted by atomic mass is 9.94. The lowest BCUT2D eigenvalue weighted by Crippen LogP contribution is -2.42. The van der Waals surface area contributed by atoms with E-state index in [0.717, 1.165) is 18.6 Å². The number of nitrogens with one attached hydrogen (secondary N) is 1. The molecule has 0 saturated carbocycles. The predicted molar refractivity (Wildman–Crippen MR) is 102 cm³/mol. The Morgan fingerprint density at radius 1 is 1.00 bits per heavy atom. The van der Waals surface area contributed by atoms with Crippen LogP contribution in [0.1, 0.15) is 30.6 Å². The van der Waals surface area contributed by atoms with Crippen molar-refractivity contribution in [1.29, 1.82) is 0 Å². The van der Waals surface area contributed by atoms with Crippen LogP contribution in [-0.2, 0) is 10.0 Å². The fourth-order valence-corrected chi connectivity index (χ4v) is 5.19. The highest BCUT2D eigenvalue weighted by Gasteiger charge is 2.31. The molecule has 0 bridgehead atoms. The van der Waals surface area contributed by atoms with Gasteiger partial charge in [0.25, 0.3) is 5.91 Å². The molecule has 1 fully saturated rings. The zero-order valence-corrected chi connectivity index (χ0v) is 16.5. The van der Waals surface area contributed by atoms with Crippen molar-refractivity contribution in [3.8, 4) is 0 Å². The van der Waals surface area contributed by atoms with E-state index in [1.807, 2.05) is 13.8 Å². The van der Waals surface area contributed by atoms with Crippen molar-refractivity contribution >= 4 is 21.6 Å². The van der Waals surface area contributed by atoms with Gasteiger partial charge in [0.05, 0.1) is 4.90 Å². The van der Waals surface area contributed by atoms with Crippen LogP contribution in [-0.4, -0.2) is 31.7 Å². The molecule has 2 atom stereocenters. The Bertz CT molecular complexity index is 967. The molecule has 2 aromatic carbocycles. The molecule has 3 rings (SSSR count). The van der Waals surface area contributed by atoms with Gasteiger partial charge >= 0.3 is 0 Å². The average molecular weight is 408 g/mol. The number of piperidine rings is 1. The Labute approximate surface area is 163 Å². The quantitative estimate of drug-likeness (QED) is 0.835. The summed E-state index contributed by atoms with van der Waals surface area (Å²) in [7, 11) is -3.63. The zero-order valence-electron chi connectivity index (χ0n) is 15.7. The Hall–Kier alpha value is -2.32. The second-order valence-corrected chi connectivity index (χ2v) is 9.31. The van der Waals surface area contributed by atoms with E-state index in [-0.39, 0.29) is 16.1 Å². The van der Waals surface area contributed by atoms with Gasteiger partial charge in [-0.3, -0.25) is 4.79 Å². The highest BCUT2D eigenvalue weighted by molar-refractivity contribution is 7.89. The molecule has 5 nitrogen and oxygen atoms in total. The van der Waals surface area contributed by atoms with E-state index in [0.29, 0.717) is 24.9 Å². The highest BCUT2D eigenvalue weighted by atomic mass is 32.2. The molecule has 0 radical (unpaired) electrons. The molecule has 0 aliphatic carbocycles. The first-order chi connectivity index (χ1) is 13.2. The summed E-state index contributed by atoms with van der Waals surface area (Å²) in [6.07, 6.45) is 0.995. The monoisotopic (exact) mass is 408 g/mol. The number of anilines is 1. The van der Waals surface area contributed by atoms with Crippen LogP contribution in [0.5, 0.6) is 0 Å². The molecule has 1 aliphatic rings. The number of benzene rings is 2.